The third-order valence-corrected chi connectivity index (χ3v) is 4.83. The molecule has 2 saturated heterocycles. The normalized spacial score (nSPS) is 32.8. The summed E-state index contributed by atoms with van der Waals surface area (Å²) in [6.07, 6.45) is 4.90. The summed E-state index contributed by atoms with van der Waals surface area (Å²) in [6, 6.07) is 6.23. The van der Waals surface area contributed by atoms with Gasteiger partial charge in [-0.2, -0.15) is 0 Å². The van der Waals surface area contributed by atoms with Crippen molar-refractivity contribution in [1.82, 2.24) is 10.2 Å². The lowest BCUT2D eigenvalue weighted by atomic mass is 10.1. The maximum atomic E-state index is 13.2. The molecule has 0 aliphatic carbocycles. The SMILES string of the molecule is Fc1ccc2c(c1)CC(CN1CCC3CCC(C1)N3)O2. The Bertz CT molecular complexity index is 507. The van der Waals surface area contributed by atoms with Crippen LogP contribution < -0.4 is 10.1 Å². The number of hydrogen-bond donors (Lipinski definition) is 1. The van der Waals surface area contributed by atoms with Crippen molar-refractivity contribution in [3.8, 4) is 5.75 Å². The van der Waals surface area contributed by atoms with Crippen LogP contribution in [-0.2, 0) is 6.42 Å². The van der Waals surface area contributed by atoms with Crippen LogP contribution in [0.15, 0.2) is 18.2 Å². The van der Waals surface area contributed by atoms with E-state index < -0.39 is 0 Å². The van der Waals surface area contributed by atoms with Gasteiger partial charge in [-0.3, -0.25) is 4.90 Å². The molecule has 0 spiro atoms. The highest BCUT2D eigenvalue weighted by Gasteiger charge is 2.32. The fraction of sp³-hybridized carbons (Fsp3) is 0.625. The zero-order chi connectivity index (χ0) is 13.5. The van der Waals surface area contributed by atoms with Crippen molar-refractivity contribution in [1.29, 1.82) is 0 Å². The van der Waals surface area contributed by atoms with E-state index in [1.165, 1.54) is 25.3 Å². The van der Waals surface area contributed by atoms with Crippen LogP contribution in [0.4, 0.5) is 4.39 Å². The molecule has 0 aromatic heterocycles. The van der Waals surface area contributed by atoms with Gasteiger partial charge < -0.3 is 10.1 Å². The molecule has 2 bridgehead atoms. The molecule has 2 fully saturated rings. The van der Waals surface area contributed by atoms with Crippen molar-refractivity contribution in [3.05, 3.63) is 29.6 Å². The van der Waals surface area contributed by atoms with Crippen LogP contribution in [0.5, 0.6) is 5.75 Å². The highest BCUT2D eigenvalue weighted by Crippen LogP contribution is 2.30. The van der Waals surface area contributed by atoms with Crippen LogP contribution in [0, 0.1) is 5.82 Å². The number of hydrogen-bond acceptors (Lipinski definition) is 3. The predicted molar refractivity (Wildman–Crippen MR) is 75.5 cm³/mol. The molecule has 0 radical (unpaired) electrons. The Hall–Kier alpha value is -1.13. The van der Waals surface area contributed by atoms with Crippen LogP contribution in [0.1, 0.15) is 24.8 Å². The van der Waals surface area contributed by atoms with Crippen molar-refractivity contribution >= 4 is 0 Å². The third-order valence-electron chi connectivity index (χ3n) is 4.83. The first-order valence-corrected chi connectivity index (χ1v) is 7.70. The average molecular weight is 276 g/mol. The van der Waals surface area contributed by atoms with Gasteiger partial charge in [0.1, 0.15) is 17.7 Å². The van der Waals surface area contributed by atoms with Gasteiger partial charge in [0.25, 0.3) is 0 Å². The van der Waals surface area contributed by atoms with E-state index in [2.05, 4.69) is 10.2 Å². The molecule has 1 N–H and O–H groups in total. The molecule has 3 heterocycles. The first kappa shape index (κ1) is 12.6. The highest BCUT2D eigenvalue weighted by molar-refractivity contribution is 5.37. The number of halogens is 1. The van der Waals surface area contributed by atoms with Crippen molar-refractivity contribution in [2.24, 2.45) is 0 Å². The van der Waals surface area contributed by atoms with Crippen molar-refractivity contribution in [2.45, 2.75) is 43.9 Å². The van der Waals surface area contributed by atoms with Gasteiger partial charge in [0.05, 0.1) is 0 Å². The largest absolute Gasteiger partial charge is 0.488 e. The van der Waals surface area contributed by atoms with E-state index in [4.69, 9.17) is 4.74 Å². The molecular weight excluding hydrogens is 255 g/mol. The third kappa shape index (κ3) is 2.42. The van der Waals surface area contributed by atoms with E-state index >= 15 is 0 Å². The summed E-state index contributed by atoms with van der Waals surface area (Å²) in [4.78, 5) is 2.52. The van der Waals surface area contributed by atoms with Gasteiger partial charge in [-0.15, -0.1) is 0 Å². The number of likely N-dealkylation sites (tertiary alicyclic amines) is 1. The van der Waals surface area contributed by atoms with Gasteiger partial charge in [-0.1, -0.05) is 0 Å². The zero-order valence-corrected chi connectivity index (χ0v) is 11.6. The average Bonchev–Trinajstić information content (AvgIpc) is 2.95. The number of ether oxygens (including phenoxy) is 1. The predicted octanol–water partition coefficient (Wildman–Crippen LogP) is 1.96. The molecule has 3 nitrogen and oxygen atoms in total. The Labute approximate surface area is 119 Å². The smallest absolute Gasteiger partial charge is 0.123 e. The maximum absolute atomic E-state index is 13.2. The minimum absolute atomic E-state index is 0.163. The molecule has 3 aliphatic heterocycles. The van der Waals surface area contributed by atoms with E-state index in [-0.39, 0.29) is 11.9 Å². The Morgan fingerprint density at radius 1 is 1.25 bits per heavy atom. The van der Waals surface area contributed by atoms with E-state index in [1.54, 1.807) is 12.1 Å². The summed E-state index contributed by atoms with van der Waals surface area (Å²) in [6.45, 7) is 3.24. The fourth-order valence-corrected chi connectivity index (χ4v) is 3.86. The van der Waals surface area contributed by atoms with Crippen molar-refractivity contribution in [2.75, 3.05) is 19.6 Å². The van der Waals surface area contributed by atoms with Gasteiger partial charge in [-0.25, -0.2) is 4.39 Å². The molecule has 4 rings (SSSR count). The van der Waals surface area contributed by atoms with Crippen LogP contribution in [0.2, 0.25) is 0 Å². The number of nitrogens with zero attached hydrogens (tertiary/aromatic N) is 1. The van der Waals surface area contributed by atoms with Crippen LogP contribution in [0.3, 0.4) is 0 Å². The lowest BCUT2D eigenvalue weighted by Crippen LogP contribution is -2.40. The van der Waals surface area contributed by atoms with Gasteiger partial charge in [0.15, 0.2) is 0 Å². The molecule has 1 aromatic rings. The Balaban J connectivity index is 1.39. The first-order chi connectivity index (χ1) is 9.76. The van der Waals surface area contributed by atoms with Crippen molar-refractivity contribution in [3.63, 3.8) is 0 Å². The molecule has 3 unspecified atom stereocenters. The second kappa shape index (κ2) is 5.01. The summed E-state index contributed by atoms with van der Waals surface area (Å²) in [7, 11) is 0. The molecule has 20 heavy (non-hydrogen) atoms. The Kier molecular flexibility index (Phi) is 3.15. The summed E-state index contributed by atoms with van der Waals surface area (Å²) < 4.78 is 19.2. The molecule has 1 aromatic carbocycles. The summed E-state index contributed by atoms with van der Waals surface area (Å²) in [5.41, 5.74) is 1.02. The molecule has 3 atom stereocenters. The molecule has 108 valence electrons. The zero-order valence-electron chi connectivity index (χ0n) is 11.6. The highest BCUT2D eigenvalue weighted by atomic mass is 19.1. The number of nitrogens with one attached hydrogen (secondary N) is 1. The summed E-state index contributed by atoms with van der Waals surface area (Å²) >= 11 is 0. The van der Waals surface area contributed by atoms with Gasteiger partial charge in [0.2, 0.25) is 0 Å². The molecule has 0 saturated carbocycles. The Morgan fingerprint density at radius 2 is 2.15 bits per heavy atom. The molecule has 0 amide bonds. The van der Waals surface area contributed by atoms with Gasteiger partial charge >= 0.3 is 0 Å². The first-order valence-electron chi connectivity index (χ1n) is 7.70. The van der Waals surface area contributed by atoms with Gasteiger partial charge in [-0.05, 0) is 44.0 Å². The minimum Gasteiger partial charge on any atom is -0.488 e. The molecule has 3 aliphatic rings. The standard InChI is InChI=1S/C16H21FN2O/c17-12-1-4-16-11(7-12)8-15(20-16)10-19-6-5-13-2-3-14(9-19)18-13/h1,4,7,13-15,18H,2-3,5-6,8-10H2. The summed E-state index contributed by atoms with van der Waals surface area (Å²) in [5, 5.41) is 3.70. The second-order valence-corrected chi connectivity index (χ2v) is 6.38. The van der Waals surface area contributed by atoms with Crippen LogP contribution in [-0.4, -0.2) is 42.7 Å². The minimum atomic E-state index is -0.163. The van der Waals surface area contributed by atoms with E-state index in [0.717, 1.165) is 43.4 Å². The number of fused-ring (bicyclic) bond motifs is 3. The van der Waals surface area contributed by atoms with E-state index in [9.17, 15) is 4.39 Å². The van der Waals surface area contributed by atoms with E-state index in [0.29, 0.717) is 6.04 Å². The Morgan fingerprint density at radius 3 is 3.10 bits per heavy atom. The quantitative estimate of drug-likeness (QED) is 0.893. The molecule has 4 heteroatoms. The van der Waals surface area contributed by atoms with Crippen molar-refractivity contribution < 1.29 is 9.13 Å². The lowest BCUT2D eigenvalue weighted by molar-refractivity contribution is 0.146. The van der Waals surface area contributed by atoms with Gasteiger partial charge in [0, 0.05) is 37.2 Å². The fourth-order valence-electron chi connectivity index (χ4n) is 3.86. The van der Waals surface area contributed by atoms with Crippen LogP contribution in [0.25, 0.3) is 0 Å². The second-order valence-electron chi connectivity index (χ2n) is 6.38. The topological polar surface area (TPSA) is 24.5 Å². The molecular formula is C16H21FN2O. The number of rotatable bonds is 2. The summed E-state index contributed by atoms with van der Waals surface area (Å²) in [5.74, 6) is 0.704. The maximum Gasteiger partial charge on any atom is 0.123 e. The van der Waals surface area contributed by atoms with Crippen LogP contribution >= 0.6 is 0 Å². The van der Waals surface area contributed by atoms with E-state index in [1.807, 2.05) is 0 Å². The number of benzene rings is 1. The monoisotopic (exact) mass is 276 g/mol. The lowest BCUT2D eigenvalue weighted by Gasteiger charge is -2.26.